The van der Waals surface area contributed by atoms with E-state index in [1.54, 1.807) is 19.1 Å². The second-order valence-electron chi connectivity index (χ2n) is 6.77. The maximum absolute atomic E-state index is 13.1. The third-order valence-corrected chi connectivity index (χ3v) is 4.70. The van der Waals surface area contributed by atoms with Crippen LogP contribution in [0.15, 0.2) is 59.8 Å². The number of quaternary nitrogens is 1. The van der Waals surface area contributed by atoms with Crippen molar-refractivity contribution in [1.82, 2.24) is 4.90 Å². The number of benzene rings is 2. The largest absolute Gasteiger partial charge is 0.383 e. The van der Waals surface area contributed by atoms with Crippen LogP contribution in [0.1, 0.15) is 18.1 Å². The van der Waals surface area contributed by atoms with E-state index >= 15 is 0 Å². The number of halogens is 1. The van der Waals surface area contributed by atoms with Gasteiger partial charge in [0.05, 0.1) is 32.4 Å². The van der Waals surface area contributed by atoms with Crippen LogP contribution in [0.5, 0.6) is 0 Å². The zero-order valence-electron chi connectivity index (χ0n) is 15.5. The summed E-state index contributed by atoms with van der Waals surface area (Å²) >= 11 is 0. The number of hydrogen-bond donors (Lipinski definition) is 1. The number of nitrogens with zero attached hydrogens (tertiary/aromatic N) is 2. The molecule has 1 fully saturated rings. The van der Waals surface area contributed by atoms with Crippen molar-refractivity contribution in [1.29, 1.82) is 0 Å². The van der Waals surface area contributed by atoms with E-state index in [9.17, 15) is 9.18 Å². The van der Waals surface area contributed by atoms with E-state index in [-0.39, 0.29) is 11.7 Å². The number of piperazine rings is 1. The Bertz CT molecular complexity index is 774. The van der Waals surface area contributed by atoms with Crippen molar-refractivity contribution in [2.75, 3.05) is 26.2 Å². The molecule has 2 aromatic rings. The fraction of sp³-hybridized carbons (Fsp3) is 0.333. The first-order valence-electron chi connectivity index (χ1n) is 9.23. The normalized spacial score (nSPS) is 16.4. The highest BCUT2D eigenvalue weighted by atomic mass is 19.1. The van der Waals surface area contributed by atoms with E-state index in [1.165, 1.54) is 28.8 Å². The van der Waals surface area contributed by atoms with Crippen LogP contribution in [-0.4, -0.2) is 49.3 Å². The van der Waals surface area contributed by atoms with Gasteiger partial charge < -0.3 is 14.6 Å². The monoisotopic (exact) mass is 370 g/mol. The predicted octanol–water partition coefficient (Wildman–Crippen LogP) is 1.49. The van der Waals surface area contributed by atoms with Gasteiger partial charge in [-0.05, 0) is 24.6 Å². The molecule has 142 valence electrons. The Morgan fingerprint density at radius 1 is 1.22 bits per heavy atom. The topological polar surface area (TPSA) is 46.3 Å². The second-order valence-corrected chi connectivity index (χ2v) is 6.77. The van der Waals surface area contributed by atoms with Gasteiger partial charge in [-0.2, -0.15) is 0 Å². The van der Waals surface area contributed by atoms with E-state index < -0.39 is 6.10 Å². The molecule has 0 aromatic heterocycles. The van der Waals surface area contributed by atoms with Crippen molar-refractivity contribution in [3.05, 3.63) is 71.5 Å². The lowest BCUT2D eigenvalue weighted by Gasteiger charge is -2.33. The molecule has 1 heterocycles. The molecule has 0 aliphatic carbocycles. The van der Waals surface area contributed by atoms with Gasteiger partial charge in [0.25, 0.3) is 5.91 Å². The van der Waals surface area contributed by atoms with Crippen LogP contribution in [0, 0.1) is 5.82 Å². The Morgan fingerprint density at radius 2 is 1.96 bits per heavy atom. The van der Waals surface area contributed by atoms with Gasteiger partial charge in [0.15, 0.2) is 0 Å². The minimum Gasteiger partial charge on any atom is -0.383 e. The molecule has 1 amide bonds. The Hall–Kier alpha value is -2.73. The van der Waals surface area contributed by atoms with E-state index in [4.69, 9.17) is 4.84 Å². The molecule has 1 aliphatic heterocycles. The summed E-state index contributed by atoms with van der Waals surface area (Å²) in [4.78, 5) is 21.1. The molecule has 5 nitrogen and oxygen atoms in total. The summed E-state index contributed by atoms with van der Waals surface area (Å²) in [5, 5.41) is 3.82. The van der Waals surface area contributed by atoms with Crippen LogP contribution in [-0.2, 0) is 16.2 Å². The fourth-order valence-electron chi connectivity index (χ4n) is 3.18. The highest BCUT2D eigenvalue weighted by molar-refractivity contribution is 5.81. The Kier molecular flexibility index (Phi) is 6.54. The highest BCUT2D eigenvalue weighted by Gasteiger charge is 2.27. The zero-order valence-corrected chi connectivity index (χ0v) is 15.5. The molecule has 0 bridgehead atoms. The molecule has 0 unspecified atom stereocenters. The number of hydrogen-bond acceptors (Lipinski definition) is 3. The summed E-state index contributed by atoms with van der Waals surface area (Å²) in [6.45, 7) is 5.92. The lowest BCUT2D eigenvalue weighted by molar-refractivity contribution is -0.917. The van der Waals surface area contributed by atoms with E-state index in [1.807, 2.05) is 11.0 Å². The highest BCUT2D eigenvalue weighted by Crippen LogP contribution is 2.04. The lowest BCUT2D eigenvalue weighted by Crippen LogP contribution is -3.13. The minimum absolute atomic E-state index is 0.0647. The maximum atomic E-state index is 13.1. The van der Waals surface area contributed by atoms with E-state index in [0.29, 0.717) is 18.7 Å². The van der Waals surface area contributed by atoms with Crippen LogP contribution in [0.25, 0.3) is 0 Å². The molecule has 1 aliphatic rings. The average Bonchev–Trinajstić information content (AvgIpc) is 2.69. The zero-order chi connectivity index (χ0) is 19.1. The molecule has 6 heteroatoms. The minimum atomic E-state index is -0.662. The first-order chi connectivity index (χ1) is 13.1. The van der Waals surface area contributed by atoms with Gasteiger partial charge in [0.1, 0.15) is 12.4 Å². The van der Waals surface area contributed by atoms with Gasteiger partial charge in [-0.1, -0.05) is 47.6 Å². The Morgan fingerprint density at radius 3 is 2.67 bits per heavy atom. The van der Waals surface area contributed by atoms with E-state index in [0.717, 1.165) is 19.6 Å². The fourth-order valence-corrected chi connectivity index (χ4v) is 3.18. The first-order valence-corrected chi connectivity index (χ1v) is 9.23. The number of nitrogens with one attached hydrogen (secondary N) is 1. The van der Waals surface area contributed by atoms with Crippen molar-refractivity contribution >= 4 is 12.1 Å². The van der Waals surface area contributed by atoms with Crippen LogP contribution in [0.2, 0.25) is 0 Å². The van der Waals surface area contributed by atoms with Crippen molar-refractivity contribution < 1.29 is 18.9 Å². The standard InChI is InChI=1S/C21H24FN3O2/c1-17(27-23-15-19-8-5-9-20(22)14-19)21(26)25-12-10-24(11-13-25)16-18-6-3-2-4-7-18/h2-9,14-15,17H,10-13,16H2,1H3/p+1/b23-15-/t17-/m1/s1. The van der Waals surface area contributed by atoms with Crippen molar-refractivity contribution in [3.63, 3.8) is 0 Å². The van der Waals surface area contributed by atoms with Gasteiger partial charge in [0, 0.05) is 5.56 Å². The summed E-state index contributed by atoms with van der Waals surface area (Å²) in [6.07, 6.45) is 0.750. The Balaban J connectivity index is 1.44. The molecule has 27 heavy (non-hydrogen) atoms. The van der Waals surface area contributed by atoms with Crippen LogP contribution < -0.4 is 4.90 Å². The molecule has 0 radical (unpaired) electrons. The predicted molar refractivity (Wildman–Crippen MR) is 102 cm³/mol. The molecule has 1 N–H and O–H groups in total. The molecular weight excluding hydrogens is 345 g/mol. The molecule has 0 spiro atoms. The first kappa shape index (κ1) is 19.0. The van der Waals surface area contributed by atoms with Crippen molar-refractivity contribution in [3.8, 4) is 0 Å². The summed E-state index contributed by atoms with van der Waals surface area (Å²) in [5.74, 6) is -0.399. The molecule has 1 atom stereocenters. The van der Waals surface area contributed by atoms with Crippen molar-refractivity contribution in [2.45, 2.75) is 19.6 Å². The Labute approximate surface area is 159 Å². The molecular formula is C21H25FN3O2+. The number of oxime groups is 1. The molecule has 3 rings (SSSR count). The van der Waals surface area contributed by atoms with Gasteiger partial charge in [-0.3, -0.25) is 4.79 Å². The number of carbonyl (C=O) groups is 1. The van der Waals surface area contributed by atoms with E-state index in [2.05, 4.69) is 29.4 Å². The van der Waals surface area contributed by atoms with Crippen LogP contribution >= 0.6 is 0 Å². The second kappa shape index (κ2) is 9.28. The smallest absolute Gasteiger partial charge is 0.266 e. The molecule has 2 aromatic carbocycles. The van der Waals surface area contributed by atoms with Gasteiger partial charge >= 0.3 is 0 Å². The number of carbonyl (C=O) groups excluding carboxylic acids is 1. The summed E-state index contributed by atoms with van der Waals surface area (Å²) in [7, 11) is 0. The van der Waals surface area contributed by atoms with Gasteiger partial charge in [-0.15, -0.1) is 0 Å². The SMILES string of the molecule is C[C@@H](O/N=C\c1cccc(F)c1)C(=O)N1CC[NH+](Cc2ccccc2)CC1. The number of amides is 1. The lowest BCUT2D eigenvalue weighted by atomic mass is 10.2. The average molecular weight is 370 g/mol. The van der Waals surface area contributed by atoms with Gasteiger partial charge in [-0.25, -0.2) is 4.39 Å². The van der Waals surface area contributed by atoms with Crippen molar-refractivity contribution in [2.24, 2.45) is 5.16 Å². The van der Waals surface area contributed by atoms with Crippen LogP contribution in [0.4, 0.5) is 4.39 Å². The molecule has 0 saturated carbocycles. The summed E-state index contributed by atoms with van der Waals surface area (Å²) in [6, 6.07) is 16.4. The summed E-state index contributed by atoms with van der Waals surface area (Å²) < 4.78 is 13.1. The number of rotatable bonds is 6. The molecule has 1 saturated heterocycles. The maximum Gasteiger partial charge on any atom is 0.266 e. The third kappa shape index (κ3) is 5.62. The van der Waals surface area contributed by atoms with Gasteiger partial charge in [0.2, 0.25) is 6.10 Å². The van der Waals surface area contributed by atoms with Crippen LogP contribution in [0.3, 0.4) is 0 Å². The third-order valence-electron chi connectivity index (χ3n) is 4.70. The summed E-state index contributed by atoms with van der Waals surface area (Å²) in [5.41, 5.74) is 1.91. The quantitative estimate of drug-likeness (QED) is 0.619.